The quantitative estimate of drug-likeness (QED) is 0.347. The first-order chi connectivity index (χ1) is 19.8. The van der Waals surface area contributed by atoms with E-state index in [1.807, 2.05) is 33.7 Å². The Hall–Kier alpha value is -3.47. The number of amides is 1. The summed E-state index contributed by atoms with van der Waals surface area (Å²) in [7, 11) is 2.13. The maximum absolute atomic E-state index is 15.9. The first-order valence-corrected chi connectivity index (χ1v) is 14.7. The van der Waals surface area contributed by atoms with Crippen molar-refractivity contribution in [1.29, 1.82) is 0 Å². The van der Waals surface area contributed by atoms with Crippen LogP contribution in [0.1, 0.15) is 30.6 Å². The highest BCUT2D eigenvalue weighted by atomic mass is 19.1. The van der Waals surface area contributed by atoms with Crippen LogP contribution in [-0.2, 0) is 0 Å². The summed E-state index contributed by atoms with van der Waals surface area (Å²) in [5.74, 6) is -0.0822. The molecule has 6 rings (SSSR count). The first kappa shape index (κ1) is 27.7. The van der Waals surface area contributed by atoms with Crippen molar-refractivity contribution in [2.75, 3.05) is 77.4 Å². The highest BCUT2D eigenvalue weighted by Crippen LogP contribution is 2.46. The maximum atomic E-state index is 15.9. The summed E-state index contributed by atoms with van der Waals surface area (Å²) in [6.07, 6.45) is 2.38. The molecular weight excluding hydrogens is 523 g/mol. The molecule has 1 aromatic heterocycles. The molecule has 0 bridgehead atoms. The van der Waals surface area contributed by atoms with E-state index >= 15 is 4.39 Å². The zero-order valence-electron chi connectivity index (χ0n) is 24.2. The van der Waals surface area contributed by atoms with Gasteiger partial charge in [0.25, 0.3) is 5.91 Å². The number of carbonyl (C=O) groups excluding carboxylic acids is 1. The van der Waals surface area contributed by atoms with Crippen molar-refractivity contribution >= 4 is 22.5 Å². The number of nitrogens with one attached hydrogen (secondary N) is 1. The standard InChI is InChI=1S/C31H39FN6O3/c1-21(2)36-15-17-37(18-16-36)28-24(32)19-22-27-30(28)41-26-8-5-4-7-25(26)38(27)20-23(29(22)39)31(40)33-9-6-10-35-13-11-34(3)12-14-35/h4-5,7-8,19-21H,6,9-18H2,1-3H3,(H,33,40). The summed E-state index contributed by atoms with van der Waals surface area (Å²) in [5.41, 5.74) is 1.06. The van der Waals surface area contributed by atoms with Crippen LogP contribution >= 0.6 is 0 Å². The lowest BCUT2D eigenvalue weighted by atomic mass is 10.0. The number of hydrogen-bond acceptors (Lipinski definition) is 7. The number of carbonyl (C=O) groups is 1. The lowest BCUT2D eigenvalue weighted by Gasteiger charge is -2.39. The van der Waals surface area contributed by atoms with Crippen molar-refractivity contribution in [3.8, 4) is 17.2 Å². The third-order valence-corrected chi connectivity index (χ3v) is 8.65. The molecule has 0 aliphatic carbocycles. The van der Waals surface area contributed by atoms with Crippen molar-refractivity contribution in [1.82, 2.24) is 24.6 Å². The van der Waals surface area contributed by atoms with E-state index in [0.29, 0.717) is 54.1 Å². The summed E-state index contributed by atoms with van der Waals surface area (Å²) >= 11 is 0. The Balaban J connectivity index is 1.31. The second kappa shape index (κ2) is 11.4. The van der Waals surface area contributed by atoms with Crippen LogP contribution in [0.3, 0.4) is 0 Å². The van der Waals surface area contributed by atoms with E-state index in [1.165, 1.54) is 6.07 Å². The van der Waals surface area contributed by atoms with E-state index in [4.69, 9.17) is 4.74 Å². The molecule has 2 fully saturated rings. The van der Waals surface area contributed by atoms with Crippen molar-refractivity contribution < 1.29 is 13.9 Å². The van der Waals surface area contributed by atoms with Gasteiger partial charge in [-0.25, -0.2) is 4.39 Å². The third kappa shape index (κ3) is 5.31. The number of aromatic nitrogens is 1. The van der Waals surface area contributed by atoms with Gasteiger partial charge in [0.1, 0.15) is 16.8 Å². The van der Waals surface area contributed by atoms with E-state index in [0.717, 1.165) is 52.2 Å². The number of anilines is 1. The number of piperazine rings is 2. The SMILES string of the molecule is CC(C)N1CCN(c2c(F)cc3c(=O)c(C(=O)NCCCN4CCN(C)CC4)cn4c3c2Oc2ccccc2-4)CC1. The molecule has 218 valence electrons. The van der Waals surface area contributed by atoms with Gasteiger partial charge in [-0.1, -0.05) is 12.1 Å². The van der Waals surface area contributed by atoms with Crippen LogP contribution in [0.4, 0.5) is 10.1 Å². The number of rotatable bonds is 7. The summed E-state index contributed by atoms with van der Waals surface area (Å²) in [6.45, 7) is 12.7. The monoisotopic (exact) mass is 562 g/mol. The van der Waals surface area contributed by atoms with Gasteiger partial charge in [0.2, 0.25) is 5.43 Å². The average Bonchev–Trinajstić information content (AvgIpc) is 2.97. The third-order valence-electron chi connectivity index (χ3n) is 8.65. The molecule has 0 atom stereocenters. The van der Waals surface area contributed by atoms with Gasteiger partial charge in [-0.05, 0) is 52.1 Å². The molecule has 2 saturated heterocycles. The first-order valence-electron chi connectivity index (χ1n) is 14.7. The summed E-state index contributed by atoms with van der Waals surface area (Å²) in [4.78, 5) is 36.0. The second-order valence-corrected chi connectivity index (χ2v) is 11.6. The van der Waals surface area contributed by atoms with Gasteiger partial charge >= 0.3 is 0 Å². The summed E-state index contributed by atoms with van der Waals surface area (Å²) < 4.78 is 24.1. The zero-order chi connectivity index (χ0) is 28.7. The Kier molecular flexibility index (Phi) is 7.72. The summed E-state index contributed by atoms with van der Waals surface area (Å²) in [5, 5.41) is 3.06. The van der Waals surface area contributed by atoms with E-state index in [2.05, 4.69) is 40.9 Å². The number of benzene rings is 2. The zero-order valence-corrected chi connectivity index (χ0v) is 24.2. The second-order valence-electron chi connectivity index (χ2n) is 11.6. The molecule has 0 radical (unpaired) electrons. The van der Waals surface area contributed by atoms with Gasteiger partial charge in [-0.15, -0.1) is 0 Å². The highest BCUT2D eigenvalue weighted by Gasteiger charge is 2.32. The molecule has 0 saturated carbocycles. The molecular formula is C31H39FN6O3. The topological polar surface area (TPSA) is 73.3 Å². The minimum Gasteiger partial charge on any atom is -0.451 e. The molecule has 2 aromatic carbocycles. The van der Waals surface area contributed by atoms with Crippen LogP contribution in [0.15, 0.2) is 41.3 Å². The van der Waals surface area contributed by atoms with Crippen LogP contribution in [0.25, 0.3) is 16.6 Å². The number of nitrogens with zero attached hydrogens (tertiary/aromatic N) is 5. The van der Waals surface area contributed by atoms with E-state index in [9.17, 15) is 9.59 Å². The normalized spacial score (nSPS) is 18.0. The largest absolute Gasteiger partial charge is 0.451 e. The fraction of sp³-hybridized carbons (Fsp3) is 0.484. The fourth-order valence-electron chi connectivity index (χ4n) is 6.14. The molecule has 0 unspecified atom stereocenters. The Labute approximate surface area is 240 Å². The molecule has 3 aliphatic rings. The number of para-hydroxylation sites is 2. The molecule has 0 spiro atoms. The molecule has 9 nitrogen and oxygen atoms in total. The van der Waals surface area contributed by atoms with Gasteiger partial charge < -0.3 is 29.3 Å². The van der Waals surface area contributed by atoms with Gasteiger partial charge in [-0.3, -0.25) is 14.5 Å². The Morgan fingerprint density at radius 3 is 2.51 bits per heavy atom. The smallest absolute Gasteiger partial charge is 0.256 e. The van der Waals surface area contributed by atoms with E-state index < -0.39 is 17.2 Å². The molecule has 1 amide bonds. The molecule has 41 heavy (non-hydrogen) atoms. The molecule has 3 aliphatic heterocycles. The van der Waals surface area contributed by atoms with Gasteiger partial charge in [-0.2, -0.15) is 0 Å². The number of ether oxygens (including phenoxy) is 1. The minimum atomic E-state index is -0.515. The predicted octanol–water partition coefficient (Wildman–Crippen LogP) is 3.13. The van der Waals surface area contributed by atoms with Crippen molar-refractivity contribution in [3.63, 3.8) is 0 Å². The number of fused-ring (bicyclic) bond motifs is 2. The van der Waals surface area contributed by atoms with Crippen LogP contribution in [-0.4, -0.2) is 104 Å². The Morgan fingerprint density at radius 2 is 1.78 bits per heavy atom. The van der Waals surface area contributed by atoms with Crippen molar-refractivity contribution in [2.24, 2.45) is 0 Å². The average molecular weight is 563 g/mol. The lowest BCUT2D eigenvalue weighted by Crippen LogP contribution is -2.49. The number of hydrogen-bond donors (Lipinski definition) is 1. The minimum absolute atomic E-state index is 0.00236. The van der Waals surface area contributed by atoms with E-state index in [-0.39, 0.29) is 10.9 Å². The lowest BCUT2D eigenvalue weighted by molar-refractivity contribution is 0.0948. The van der Waals surface area contributed by atoms with Crippen molar-refractivity contribution in [3.05, 3.63) is 58.1 Å². The maximum Gasteiger partial charge on any atom is 0.256 e. The predicted molar refractivity (Wildman–Crippen MR) is 159 cm³/mol. The highest BCUT2D eigenvalue weighted by molar-refractivity contribution is 6.01. The number of likely N-dealkylation sites (N-methyl/N-ethyl adjacent to an activating group) is 1. The van der Waals surface area contributed by atoms with Crippen LogP contribution in [0, 0.1) is 5.82 Å². The van der Waals surface area contributed by atoms with E-state index in [1.54, 1.807) is 6.20 Å². The Morgan fingerprint density at radius 1 is 1.05 bits per heavy atom. The van der Waals surface area contributed by atoms with Crippen LogP contribution in [0.2, 0.25) is 0 Å². The Bertz CT molecular complexity index is 1510. The molecule has 10 heteroatoms. The van der Waals surface area contributed by atoms with Crippen LogP contribution < -0.4 is 20.4 Å². The van der Waals surface area contributed by atoms with Crippen molar-refractivity contribution in [2.45, 2.75) is 26.3 Å². The fourth-order valence-corrected chi connectivity index (χ4v) is 6.14. The van der Waals surface area contributed by atoms with Gasteiger partial charge in [0.05, 0.1) is 11.1 Å². The number of halogens is 1. The van der Waals surface area contributed by atoms with Crippen LogP contribution in [0.5, 0.6) is 11.5 Å². The molecule has 4 heterocycles. The van der Waals surface area contributed by atoms with Gasteiger partial charge in [0.15, 0.2) is 17.3 Å². The number of pyridine rings is 1. The molecule has 1 N–H and O–H groups in total. The molecule has 3 aromatic rings. The summed E-state index contributed by atoms with van der Waals surface area (Å²) in [6, 6.07) is 9.14. The van der Waals surface area contributed by atoms with Gasteiger partial charge in [0, 0.05) is 71.1 Å².